The Kier molecular flexibility index (Phi) is 4.12. The first kappa shape index (κ1) is 14.6. The molecule has 0 fully saturated rings. The number of carbonyl (C=O) groups is 2. The van der Waals surface area contributed by atoms with Gasteiger partial charge in [-0.15, -0.1) is 0 Å². The van der Waals surface area contributed by atoms with E-state index >= 15 is 0 Å². The number of carboxylic acids is 1. The first-order valence-electron chi connectivity index (χ1n) is 5.93. The summed E-state index contributed by atoms with van der Waals surface area (Å²) >= 11 is 3.23. The number of aromatic nitrogens is 1. The van der Waals surface area contributed by atoms with Crippen molar-refractivity contribution in [2.75, 3.05) is 6.61 Å². The van der Waals surface area contributed by atoms with E-state index in [2.05, 4.69) is 31.2 Å². The number of esters is 1. The molecule has 0 radical (unpaired) electrons. The molecule has 0 spiro atoms. The SMILES string of the molecule is C[C@@]1(COC(=O)c2cc(Br)c[nH]2)C[C@@H](C(=O)O)N=CN1. The van der Waals surface area contributed by atoms with Gasteiger partial charge < -0.3 is 20.1 Å². The lowest BCUT2D eigenvalue weighted by Gasteiger charge is -2.33. The highest BCUT2D eigenvalue weighted by molar-refractivity contribution is 9.10. The van der Waals surface area contributed by atoms with Gasteiger partial charge in [-0.3, -0.25) is 4.99 Å². The van der Waals surface area contributed by atoms with Gasteiger partial charge in [0.25, 0.3) is 0 Å². The molecule has 3 N–H and O–H groups in total. The number of halogens is 1. The maximum absolute atomic E-state index is 11.8. The van der Waals surface area contributed by atoms with Crippen LogP contribution in [0.15, 0.2) is 21.7 Å². The van der Waals surface area contributed by atoms with E-state index in [0.717, 1.165) is 4.47 Å². The molecular formula is C12H14BrN3O4. The van der Waals surface area contributed by atoms with Crippen molar-refractivity contribution in [1.82, 2.24) is 10.3 Å². The number of ether oxygens (including phenoxy) is 1. The van der Waals surface area contributed by atoms with Gasteiger partial charge in [-0.05, 0) is 28.9 Å². The number of nitrogens with zero attached hydrogens (tertiary/aromatic N) is 1. The predicted octanol–water partition coefficient (Wildman–Crippen LogP) is 1.17. The van der Waals surface area contributed by atoms with Gasteiger partial charge in [0.15, 0.2) is 6.04 Å². The number of carbonyl (C=O) groups excluding carboxylic acids is 1. The third-order valence-electron chi connectivity index (χ3n) is 2.99. The van der Waals surface area contributed by atoms with Crippen LogP contribution in [0.4, 0.5) is 0 Å². The van der Waals surface area contributed by atoms with E-state index < -0.39 is 23.5 Å². The van der Waals surface area contributed by atoms with Crippen molar-refractivity contribution in [3.05, 3.63) is 22.4 Å². The smallest absolute Gasteiger partial charge is 0.354 e. The maximum Gasteiger partial charge on any atom is 0.354 e. The Morgan fingerprint density at radius 2 is 2.40 bits per heavy atom. The van der Waals surface area contributed by atoms with Crippen molar-refractivity contribution in [1.29, 1.82) is 0 Å². The highest BCUT2D eigenvalue weighted by Crippen LogP contribution is 2.19. The summed E-state index contributed by atoms with van der Waals surface area (Å²) in [6, 6.07) is 0.792. The molecule has 7 nitrogen and oxygen atoms in total. The summed E-state index contributed by atoms with van der Waals surface area (Å²) in [4.78, 5) is 29.3. The number of aromatic amines is 1. The summed E-state index contributed by atoms with van der Waals surface area (Å²) in [5.74, 6) is -1.48. The topological polar surface area (TPSA) is 104 Å². The number of aliphatic imine (C=N–C) groups is 1. The summed E-state index contributed by atoms with van der Waals surface area (Å²) in [5.41, 5.74) is -0.315. The standard InChI is InChI=1S/C12H14BrN3O4/c1-12(3-9(10(17)18)15-6-16-12)5-20-11(19)8-2-7(13)4-14-8/h2,4,6,9,14H,3,5H2,1H3,(H,15,16)(H,17,18)/t9-,12-/m0/s1. The molecule has 2 atom stereocenters. The predicted molar refractivity (Wildman–Crippen MR) is 74.8 cm³/mol. The van der Waals surface area contributed by atoms with E-state index in [1.807, 2.05) is 0 Å². The summed E-state index contributed by atoms with van der Waals surface area (Å²) in [7, 11) is 0. The Labute approximate surface area is 123 Å². The second-order valence-electron chi connectivity index (χ2n) is 4.85. The number of carboxylic acid groups (broad SMARTS) is 1. The van der Waals surface area contributed by atoms with E-state index in [9.17, 15) is 9.59 Å². The molecule has 0 saturated heterocycles. The second kappa shape index (κ2) is 5.66. The van der Waals surface area contributed by atoms with Crippen LogP contribution in [-0.2, 0) is 9.53 Å². The van der Waals surface area contributed by atoms with Gasteiger partial charge in [0, 0.05) is 17.1 Å². The number of H-pyrrole nitrogens is 1. The normalized spacial score (nSPS) is 25.0. The summed E-state index contributed by atoms with van der Waals surface area (Å²) in [6.07, 6.45) is 3.23. The second-order valence-corrected chi connectivity index (χ2v) is 5.76. The van der Waals surface area contributed by atoms with Crippen molar-refractivity contribution in [2.24, 2.45) is 4.99 Å². The molecule has 8 heteroatoms. The van der Waals surface area contributed by atoms with Crippen molar-refractivity contribution < 1.29 is 19.4 Å². The van der Waals surface area contributed by atoms with Gasteiger partial charge in [0.1, 0.15) is 12.3 Å². The van der Waals surface area contributed by atoms with Crippen LogP contribution in [0.5, 0.6) is 0 Å². The molecule has 1 aliphatic heterocycles. The summed E-state index contributed by atoms with van der Waals surface area (Å²) < 4.78 is 5.96. The Balaban J connectivity index is 1.94. The highest BCUT2D eigenvalue weighted by atomic mass is 79.9. The Morgan fingerprint density at radius 3 is 3.00 bits per heavy atom. The molecule has 0 amide bonds. The lowest BCUT2D eigenvalue weighted by Crippen LogP contribution is -2.52. The lowest BCUT2D eigenvalue weighted by molar-refractivity contribution is -0.139. The van der Waals surface area contributed by atoms with Crippen molar-refractivity contribution in [3.8, 4) is 0 Å². The quantitative estimate of drug-likeness (QED) is 0.712. The van der Waals surface area contributed by atoms with Gasteiger partial charge in [0.05, 0.1) is 11.9 Å². The van der Waals surface area contributed by atoms with Crippen LogP contribution in [0.2, 0.25) is 0 Å². The number of aliphatic carboxylic acids is 1. The van der Waals surface area contributed by atoms with Crippen LogP contribution in [0.3, 0.4) is 0 Å². The van der Waals surface area contributed by atoms with Gasteiger partial charge in [-0.1, -0.05) is 0 Å². The molecule has 1 aliphatic rings. The molecule has 1 aromatic heterocycles. The van der Waals surface area contributed by atoms with Crippen LogP contribution >= 0.6 is 15.9 Å². The van der Waals surface area contributed by atoms with Crippen LogP contribution in [0, 0.1) is 0 Å². The van der Waals surface area contributed by atoms with Gasteiger partial charge >= 0.3 is 11.9 Å². The first-order valence-corrected chi connectivity index (χ1v) is 6.72. The molecule has 2 heterocycles. The molecule has 20 heavy (non-hydrogen) atoms. The van der Waals surface area contributed by atoms with Crippen molar-refractivity contribution >= 4 is 34.2 Å². The highest BCUT2D eigenvalue weighted by Gasteiger charge is 2.34. The van der Waals surface area contributed by atoms with Crippen LogP contribution < -0.4 is 5.32 Å². The number of rotatable bonds is 4. The Hall–Kier alpha value is -1.83. The lowest BCUT2D eigenvalue weighted by atomic mass is 9.93. The van der Waals surface area contributed by atoms with E-state index in [4.69, 9.17) is 9.84 Å². The fourth-order valence-electron chi connectivity index (χ4n) is 1.86. The molecular weight excluding hydrogens is 330 g/mol. The Morgan fingerprint density at radius 1 is 1.65 bits per heavy atom. The monoisotopic (exact) mass is 343 g/mol. The van der Waals surface area contributed by atoms with Crippen LogP contribution in [-0.4, -0.2) is 46.6 Å². The zero-order valence-corrected chi connectivity index (χ0v) is 12.3. The molecule has 0 aliphatic carbocycles. The van der Waals surface area contributed by atoms with E-state index in [1.54, 1.807) is 19.2 Å². The fraction of sp³-hybridized carbons (Fsp3) is 0.417. The van der Waals surface area contributed by atoms with E-state index in [-0.39, 0.29) is 13.0 Å². The number of nitrogens with one attached hydrogen (secondary N) is 2. The third kappa shape index (κ3) is 3.38. The molecule has 0 bridgehead atoms. The van der Waals surface area contributed by atoms with E-state index in [0.29, 0.717) is 5.69 Å². The number of hydrogen-bond donors (Lipinski definition) is 3. The molecule has 0 aromatic carbocycles. The molecule has 1 aromatic rings. The minimum Gasteiger partial charge on any atom is -0.480 e. The van der Waals surface area contributed by atoms with Crippen molar-refractivity contribution in [2.45, 2.75) is 24.9 Å². The minimum absolute atomic E-state index is 0.0538. The largest absolute Gasteiger partial charge is 0.480 e. The zero-order valence-electron chi connectivity index (χ0n) is 10.7. The number of hydrogen-bond acceptors (Lipinski definition) is 5. The zero-order chi connectivity index (χ0) is 14.8. The minimum atomic E-state index is -0.992. The molecule has 2 rings (SSSR count). The average Bonchev–Trinajstić information content (AvgIpc) is 2.83. The van der Waals surface area contributed by atoms with Gasteiger partial charge in [-0.25, -0.2) is 9.59 Å². The van der Waals surface area contributed by atoms with Crippen LogP contribution in [0.1, 0.15) is 23.8 Å². The fourth-order valence-corrected chi connectivity index (χ4v) is 2.20. The van der Waals surface area contributed by atoms with Gasteiger partial charge in [-0.2, -0.15) is 0 Å². The van der Waals surface area contributed by atoms with Gasteiger partial charge in [0.2, 0.25) is 0 Å². The molecule has 0 saturated carbocycles. The summed E-state index contributed by atoms with van der Waals surface area (Å²) in [5, 5.41) is 11.9. The van der Waals surface area contributed by atoms with Crippen LogP contribution in [0.25, 0.3) is 0 Å². The average molecular weight is 344 g/mol. The maximum atomic E-state index is 11.8. The Bertz CT molecular complexity index is 557. The molecule has 108 valence electrons. The summed E-state index contributed by atoms with van der Waals surface area (Å²) in [6.45, 7) is 1.84. The third-order valence-corrected chi connectivity index (χ3v) is 3.44. The first-order chi connectivity index (χ1) is 9.39. The molecule has 0 unspecified atom stereocenters. The van der Waals surface area contributed by atoms with Crippen molar-refractivity contribution in [3.63, 3.8) is 0 Å². The van der Waals surface area contributed by atoms with E-state index in [1.165, 1.54) is 6.34 Å².